The minimum Gasteiger partial charge on any atom is -0.399 e. The van der Waals surface area contributed by atoms with Gasteiger partial charge in [0, 0.05) is 30.7 Å². The molecule has 1 aromatic carbocycles. The van der Waals surface area contributed by atoms with Gasteiger partial charge < -0.3 is 15.0 Å². The molecular formula is C16H21N3O. The monoisotopic (exact) mass is 271 g/mol. The van der Waals surface area contributed by atoms with E-state index >= 15 is 0 Å². The van der Waals surface area contributed by atoms with Gasteiger partial charge in [0.05, 0.1) is 17.6 Å². The summed E-state index contributed by atoms with van der Waals surface area (Å²) in [5.41, 5.74) is 8.96. The standard InChI is InChI=1S/C16H21N3O/c17-13-5-6-15-14(8-13)18-16(12-3-4-12)19(15)9-11-2-1-7-20-10-11/h5-6,8,11-12H,1-4,7,9-10,17H2. The maximum Gasteiger partial charge on any atom is 0.113 e. The van der Waals surface area contributed by atoms with E-state index in [0.717, 1.165) is 31.0 Å². The van der Waals surface area contributed by atoms with Gasteiger partial charge in [-0.2, -0.15) is 0 Å². The fraction of sp³-hybridized carbons (Fsp3) is 0.562. The third-order valence-electron chi connectivity index (χ3n) is 4.44. The number of ether oxygens (including phenoxy) is 1. The number of nitrogen functional groups attached to an aromatic ring is 1. The van der Waals surface area contributed by atoms with Crippen molar-refractivity contribution in [3.63, 3.8) is 0 Å². The Hall–Kier alpha value is -1.55. The Morgan fingerprint density at radius 2 is 2.20 bits per heavy atom. The first-order chi connectivity index (χ1) is 9.81. The summed E-state index contributed by atoms with van der Waals surface area (Å²) in [6.45, 7) is 2.85. The van der Waals surface area contributed by atoms with E-state index in [-0.39, 0.29) is 0 Å². The summed E-state index contributed by atoms with van der Waals surface area (Å²) in [6, 6.07) is 6.09. The van der Waals surface area contributed by atoms with Crippen LogP contribution in [0.15, 0.2) is 18.2 Å². The highest BCUT2D eigenvalue weighted by molar-refractivity contribution is 5.79. The third kappa shape index (κ3) is 2.18. The van der Waals surface area contributed by atoms with E-state index in [1.165, 1.54) is 37.0 Å². The summed E-state index contributed by atoms with van der Waals surface area (Å²) in [7, 11) is 0. The third-order valence-corrected chi connectivity index (χ3v) is 4.44. The highest BCUT2D eigenvalue weighted by Crippen LogP contribution is 2.41. The molecule has 4 heteroatoms. The van der Waals surface area contributed by atoms with Crippen molar-refractivity contribution in [1.82, 2.24) is 9.55 Å². The van der Waals surface area contributed by atoms with Gasteiger partial charge >= 0.3 is 0 Å². The highest BCUT2D eigenvalue weighted by atomic mass is 16.5. The van der Waals surface area contributed by atoms with Gasteiger partial charge in [-0.3, -0.25) is 0 Å². The maximum absolute atomic E-state index is 5.89. The number of nitrogens with zero attached hydrogens (tertiary/aromatic N) is 2. The molecule has 1 saturated heterocycles. The van der Waals surface area contributed by atoms with Crippen molar-refractivity contribution in [2.75, 3.05) is 18.9 Å². The molecule has 1 unspecified atom stereocenters. The topological polar surface area (TPSA) is 53.1 Å². The number of imidazole rings is 1. The van der Waals surface area contributed by atoms with Crippen molar-refractivity contribution in [2.45, 2.75) is 38.1 Å². The Kier molecular flexibility index (Phi) is 2.91. The first kappa shape index (κ1) is 12.2. The lowest BCUT2D eigenvalue weighted by molar-refractivity contribution is 0.0485. The molecule has 4 rings (SSSR count). The quantitative estimate of drug-likeness (QED) is 0.873. The maximum atomic E-state index is 5.89. The molecule has 1 saturated carbocycles. The molecule has 2 aliphatic rings. The Morgan fingerprint density at radius 1 is 1.30 bits per heavy atom. The van der Waals surface area contributed by atoms with Gasteiger partial charge in [-0.05, 0) is 43.9 Å². The lowest BCUT2D eigenvalue weighted by Crippen LogP contribution is -2.22. The Morgan fingerprint density at radius 3 is 2.95 bits per heavy atom. The van der Waals surface area contributed by atoms with Crippen molar-refractivity contribution in [3.05, 3.63) is 24.0 Å². The molecule has 0 radical (unpaired) electrons. The summed E-state index contributed by atoms with van der Waals surface area (Å²) in [5.74, 6) is 2.54. The van der Waals surface area contributed by atoms with Gasteiger partial charge in [-0.15, -0.1) is 0 Å². The average molecular weight is 271 g/mol. The molecule has 2 heterocycles. The average Bonchev–Trinajstić information content (AvgIpc) is 3.24. The molecule has 1 aliphatic heterocycles. The number of fused-ring (bicyclic) bond motifs is 1. The van der Waals surface area contributed by atoms with E-state index in [1.807, 2.05) is 12.1 Å². The molecule has 1 atom stereocenters. The number of anilines is 1. The second kappa shape index (κ2) is 4.77. The molecule has 2 N–H and O–H groups in total. The summed E-state index contributed by atoms with van der Waals surface area (Å²) in [5, 5.41) is 0. The van der Waals surface area contributed by atoms with E-state index in [4.69, 9.17) is 15.5 Å². The van der Waals surface area contributed by atoms with Crippen LogP contribution in [0.1, 0.15) is 37.4 Å². The smallest absolute Gasteiger partial charge is 0.113 e. The normalized spacial score (nSPS) is 23.3. The molecule has 1 aliphatic carbocycles. The van der Waals surface area contributed by atoms with Crippen LogP contribution < -0.4 is 5.73 Å². The van der Waals surface area contributed by atoms with Crippen molar-refractivity contribution in [3.8, 4) is 0 Å². The van der Waals surface area contributed by atoms with E-state index in [1.54, 1.807) is 0 Å². The van der Waals surface area contributed by atoms with Crippen molar-refractivity contribution in [2.24, 2.45) is 5.92 Å². The summed E-state index contributed by atoms with van der Waals surface area (Å²) < 4.78 is 8.05. The zero-order valence-electron chi connectivity index (χ0n) is 11.7. The van der Waals surface area contributed by atoms with Crippen molar-refractivity contribution < 1.29 is 4.74 Å². The van der Waals surface area contributed by atoms with Gasteiger partial charge in [0.1, 0.15) is 5.82 Å². The number of rotatable bonds is 3. The fourth-order valence-electron chi connectivity index (χ4n) is 3.22. The number of hydrogen-bond acceptors (Lipinski definition) is 3. The predicted molar refractivity (Wildman–Crippen MR) is 79.7 cm³/mol. The summed E-state index contributed by atoms with van der Waals surface area (Å²) in [6.07, 6.45) is 5.00. The summed E-state index contributed by atoms with van der Waals surface area (Å²) >= 11 is 0. The molecule has 2 fully saturated rings. The van der Waals surface area contributed by atoms with Crippen LogP contribution in [0.25, 0.3) is 11.0 Å². The van der Waals surface area contributed by atoms with E-state index in [2.05, 4.69) is 10.6 Å². The van der Waals surface area contributed by atoms with Crippen LogP contribution in [0, 0.1) is 5.92 Å². The highest BCUT2D eigenvalue weighted by Gasteiger charge is 2.30. The van der Waals surface area contributed by atoms with E-state index < -0.39 is 0 Å². The van der Waals surface area contributed by atoms with Crippen LogP contribution >= 0.6 is 0 Å². The number of aromatic nitrogens is 2. The molecule has 2 aromatic rings. The second-order valence-corrected chi connectivity index (χ2v) is 6.19. The SMILES string of the molecule is Nc1ccc2c(c1)nc(C1CC1)n2CC1CCCOC1. The second-order valence-electron chi connectivity index (χ2n) is 6.19. The molecule has 20 heavy (non-hydrogen) atoms. The van der Waals surface area contributed by atoms with Gasteiger partial charge in [0.15, 0.2) is 0 Å². The molecular weight excluding hydrogens is 250 g/mol. The Labute approximate surface area is 118 Å². The van der Waals surface area contributed by atoms with Gasteiger partial charge in [-0.25, -0.2) is 4.98 Å². The lowest BCUT2D eigenvalue weighted by Gasteiger charge is -2.23. The predicted octanol–water partition coefficient (Wildman–Crippen LogP) is 2.92. The van der Waals surface area contributed by atoms with Gasteiger partial charge in [0.25, 0.3) is 0 Å². The molecule has 0 bridgehead atoms. The van der Waals surface area contributed by atoms with Crippen molar-refractivity contribution >= 4 is 16.7 Å². The number of nitrogens with two attached hydrogens (primary N) is 1. The number of hydrogen-bond donors (Lipinski definition) is 1. The van der Waals surface area contributed by atoms with Crippen LogP contribution in [-0.4, -0.2) is 22.8 Å². The Balaban J connectivity index is 1.73. The number of benzene rings is 1. The lowest BCUT2D eigenvalue weighted by atomic mass is 10.0. The zero-order chi connectivity index (χ0) is 13.5. The van der Waals surface area contributed by atoms with Crippen molar-refractivity contribution in [1.29, 1.82) is 0 Å². The largest absolute Gasteiger partial charge is 0.399 e. The van der Waals surface area contributed by atoms with Crippen LogP contribution in [-0.2, 0) is 11.3 Å². The first-order valence-corrected chi connectivity index (χ1v) is 7.64. The van der Waals surface area contributed by atoms with Crippen LogP contribution in [0.3, 0.4) is 0 Å². The Bertz CT molecular complexity index is 624. The van der Waals surface area contributed by atoms with Gasteiger partial charge in [0.2, 0.25) is 0 Å². The van der Waals surface area contributed by atoms with Gasteiger partial charge in [-0.1, -0.05) is 0 Å². The molecule has 1 aromatic heterocycles. The summed E-state index contributed by atoms with van der Waals surface area (Å²) in [4.78, 5) is 4.84. The molecule has 0 spiro atoms. The fourth-order valence-corrected chi connectivity index (χ4v) is 3.22. The molecule has 0 amide bonds. The van der Waals surface area contributed by atoms with E-state index in [9.17, 15) is 0 Å². The first-order valence-electron chi connectivity index (χ1n) is 7.64. The minimum atomic E-state index is 0.621. The molecule has 4 nitrogen and oxygen atoms in total. The minimum absolute atomic E-state index is 0.621. The van der Waals surface area contributed by atoms with Crippen LogP contribution in [0.2, 0.25) is 0 Å². The molecule has 106 valence electrons. The van der Waals surface area contributed by atoms with Crippen LogP contribution in [0.5, 0.6) is 0 Å². The van der Waals surface area contributed by atoms with E-state index in [0.29, 0.717) is 11.8 Å². The van der Waals surface area contributed by atoms with Crippen LogP contribution in [0.4, 0.5) is 5.69 Å². The zero-order valence-corrected chi connectivity index (χ0v) is 11.7.